The molecule has 1 fully saturated rings. The topological polar surface area (TPSA) is 42.4 Å². The second-order valence-electron chi connectivity index (χ2n) is 5.05. The first kappa shape index (κ1) is 14.4. The van der Waals surface area contributed by atoms with Crippen LogP contribution in [0.25, 0.3) is 0 Å². The van der Waals surface area contributed by atoms with Gasteiger partial charge >= 0.3 is 6.18 Å². The van der Waals surface area contributed by atoms with Crippen molar-refractivity contribution in [2.45, 2.75) is 50.5 Å². The van der Waals surface area contributed by atoms with E-state index in [-0.39, 0.29) is 12.1 Å². The highest BCUT2D eigenvalue weighted by Gasteiger charge is 2.44. The molecule has 0 aromatic carbocycles. The maximum Gasteiger partial charge on any atom is 0.401 e. The normalized spacial score (nSPS) is 19.7. The Morgan fingerprint density at radius 3 is 2.58 bits per heavy atom. The van der Waals surface area contributed by atoms with Gasteiger partial charge in [0.2, 0.25) is 0 Å². The molecule has 0 spiro atoms. The van der Waals surface area contributed by atoms with Crippen LogP contribution in [0.15, 0.2) is 22.8 Å². The Morgan fingerprint density at radius 1 is 1.47 bits per heavy atom. The summed E-state index contributed by atoms with van der Waals surface area (Å²) in [5.74, 6) is 0.519. The summed E-state index contributed by atoms with van der Waals surface area (Å²) in [6.07, 6.45) is -0.551. The Balaban J connectivity index is 2.23. The van der Waals surface area contributed by atoms with Crippen molar-refractivity contribution in [1.82, 2.24) is 4.90 Å². The average molecular weight is 276 g/mol. The lowest BCUT2D eigenvalue weighted by molar-refractivity contribution is -0.154. The van der Waals surface area contributed by atoms with Crippen LogP contribution in [0, 0.1) is 0 Å². The molecule has 1 saturated carbocycles. The summed E-state index contributed by atoms with van der Waals surface area (Å²) in [4.78, 5) is 1.45. The Labute approximate surface area is 110 Å². The molecule has 1 heterocycles. The number of nitrogens with two attached hydrogens (primary N) is 1. The van der Waals surface area contributed by atoms with Gasteiger partial charge in [0.05, 0.1) is 18.8 Å². The number of rotatable bonds is 6. The minimum Gasteiger partial charge on any atom is -0.468 e. The third-order valence-electron chi connectivity index (χ3n) is 3.45. The lowest BCUT2D eigenvalue weighted by atomic mass is 10.0. The fraction of sp³-hybridized carbons (Fsp3) is 0.692. The molecule has 19 heavy (non-hydrogen) atoms. The van der Waals surface area contributed by atoms with Gasteiger partial charge in [-0.2, -0.15) is 13.2 Å². The van der Waals surface area contributed by atoms with Gasteiger partial charge in [0.15, 0.2) is 0 Å². The summed E-state index contributed by atoms with van der Waals surface area (Å²) >= 11 is 0. The summed E-state index contributed by atoms with van der Waals surface area (Å²) in [6.45, 7) is 0.940. The molecular formula is C13H19F3N2O. The number of hydrogen-bond acceptors (Lipinski definition) is 3. The molecule has 1 aliphatic carbocycles. The minimum absolute atomic E-state index is 0.0330. The zero-order chi connectivity index (χ0) is 14.0. The van der Waals surface area contributed by atoms with Gasteiger partial charge in [-0.3, -0.25) is 4.90 Å². The van der Waals surface area contributed by atoms with E-state index in [1.165, 1.54) is 11.2 Å². The third-order valence-corrected chi connectivity index (χ3v) is 3.45. The molecule has 1 aromatic heterocycles. The van der Waals surface area contributed by atoms with Gasteiger partial charge < -0.3 is 10.2 Å². The average Bonchev–Trinajstić information content (AvgIpc) is 3.04. The van der Waals surface area contributed by atoms with Crippen molar-refractivity contribution in [3.8, 4) is 0 Å². The first-order valence-electron chi connectivity index (χ1n) is 6.54. The number of furan rings is 1. The quantitative estimate of drug-likeness (QED) is 0.868. The van der Waals surface area contributed by atoms with Gasteiger partial charge in [0.25, 0.3) is 0 Å². The molecule has 6 heteroatoms. The molecule has 2 rings (SSSR count). The molecule has 3 nitrogen and oxygen atoms in total. The monoisotopic (exact) mass is 276 g/mol. The highest BCUT2D eigenvalue weighted by molar-refractivity contribution is 5.10. The Bertz CT molecular complexity index is 387. The number of hydrogen-bond donors (Lipinski definition) is 1. The lowest BCUT2D eigenvalue weighted by Gasteiger charge is -2.34. The van der Waals surface area contributed by atoms with Crippen molar-refractivity contribution in [3.05, 3.63) is 24.2 Å². The molecule has 0 amide bonds. The van der Waals surface area contributed by atoms with Crippen molar-refractivity contribution >= 4 is 0 Å². The largest absolute Gasteiger partial charge is 0.468 e. The molecule has 2 N–H and O–H groups in total. The van der Waals surface area contributed by atoms with E-state index in [0.717, 1.165) is 12.8 Å². The van der Waals surface area contributed by atoms with Gasteiger partial charge in [-0.15, -0.1) is 0 Å². The van der Waals surface area contributed by atoms with Crippen LogP contribution in [0.1, 0.15) is 38.0 Å². The van der Waals surface area contributed by atoms with Gasteiger partial charge in [-0.05, 0) is 31.4 Å². The van der Waals surface area contributed by atoms with Crippen LogP contribution in [0.4, 0.5) is 13.2 Å². The van der Waals surface area contributed by atoms with E-state index in [2.05, 4.69) is 0 Å². The standard InChI is InChI=1S/C13H19F3N2O/c1-2-10(17)12(11-4-3-7-19-11)18(9-5-6-9)8-13(14,15)16/h3-4,7,9-10,12H,2,5-6,8,17H2,1H3. The first-order chi connectivity index (χ1) is 8.92. The van der Waals surface area contributed by atoms with Gasteiger partial charge in [-0.1, -0.05) is 6.92 Å². The van der Waals surface area contributed by atoms with Crippen LogP contribution in [-0.4, -0.2) is 29.7 Å². The van der Waals surface area contributed by atoms with Crippen LogP contribution < -0.4 is 5.73 Å². The number of alkyl halides is 3. The van der Waals surface area contributed by atoms with Gasteiger partial charge in [0.1, 0.15) is 5.76 Å². The molecule has 2 unspecified atom stereocenters. The van der Waals surface area contributed by atoms with Crippen molar-refractivity contribution in [2.24, 2.45) is 5.73 Å². The molecule has 0 bridgehead atoms. The summed E-state index contributed by atoms with van der Waals surface area (Å²) < 4.78 is 43.6. The molecular weight excluding hydrogens is 257 g/mol. The van der Waals surface area contributed by atoms with E-state index in [9.17, 15) is 13.2 Å². The third kappa shape index (κ3) is 3.73. The van der Waals surface area contributed by atoms with Crippen molar-refractivity contribution in [1.29, 1.82) is 0 Å². The fourth-order valence-electron chi connectivity index (χ4n) is 2.37. The van der Waals surface area contributed by atoms with Crippen LogP contribution in [0.3, 0.4) is 0 Å². The first-order valence-corrected chi connectivity index (χ1v) is 6.54. The van der Waals surface area contributed by atoms with E-state index >= 15 is 0 Å². The van der Waals surface area contributed by atoms with E-state index in [0.29, 0.717) is 12.2 Å². The molecule has 0 saturated heterocycles. The highest BCUT2D eigenvalue weighted by atomic mass is 19.4. The van der Waals surface area contributed by atoms with E-state index in [4.69, 9.17) is 10.2 Å². The maximum atomic E-state index is 12.8. The SMILES string of the molecule is CCC(N)C(c1ccco1)N(CC(F)(F)F)C1CC1. The van der Waals surface area contributed by atoms with Gasteiger partial charge in [-0.25, -0.2) is 0 Å². The smallest absolute Gasteiger partial charge is 0.401 e. The molecule has 0 radical (unpaired) electrons. The van der Waals surface area contributed by atoms with E-state index in [1.54, 1.807) is 12.1 Å². The Hall–Kier alpha value is -1.01. The van der Waals surface area contributed by atoms with Crippen molar-refractivity contribution in [3.63, 3.8) is 0 Å². The predicted octanol–water partition coefficient (Wildman–Crippen LogP) is 3.08. The zero-order valence-electron chi connectivity index (χ0n) is 10.9. The fourth-order valence-corrected chi connectivity index (χ4v) is 2.37. The Morgan fingerprint density at radius 2 is 2.16 bits per heavy atom. The predicted molar refractivity (Wildman–Crippen MR) is 65.5 cm³/mol. The summed E-state index contributed by atoms with van der Waals surface area (Å²) in [7, 11) is 0. The van der Waals surface area contributed by atoms with E-state index in [1.807, 2.05) is 6.92 Å². The maximum absolute atomic E-state index is 12.8. The number of halogens is 3. The zero-order valence-corrected chi connectivity index (χ0v) is 10.9. The summed E-state index contributed by atoms with van der Waals surface area (Å²) in [5, 5.41) is 0. The van der Waals surface area contributed by atoms with E-state index < -0.39 is 18.8 Å². The minimum atomic E-state index is -4.22. The summed E-state index contributed by atoms with van der Waals surface area (Å²) in [6, 6.07) is 2.48. The second-order valence-corrected chi connectivity index (χ2v) is 5.05. The van der Waals surface area contributed by atoms with Crippen LogP contribution >= 0.6 is 0 Å². The molecule has 0 aliphatic heterocycles. The highest BCUT2D eigenvalue weighted by Crippen LogP contribution is 2.38. The molecule has 1 aromatic rings. The van der Waals surface area contributed by atoms with Crippen LogP contribution in [0.2, 0.25) is 0 Å². The molecule has 1 aliphatic rings. The lowest BCUT2D eigenvalue weighted by Crippen LogP contribution is -2.46. The van der Waals surface area contributed by atoms with Crippen LogP contribution in [0.5, 0.6) is 0 Å². The Kier molecular flexibility index (Phi) is 4.20. The molecule has 2 atom stereocenters. The second kappa shape index (κ2) is 5.54. The summed E-state index contributed by atoms with van der Waals surface area (Å²) in [5.41, 5.74) is 6.02. The van der Waals surface area contributed by atoms with Gasteiger partial charge in [0, 0.05) is 12.1 Å². The number of nitrogens with zero attached hydrogens (tertiary/aromatic N) is 1. The van der Waals surface area contributed by atoms with Crippen LogP contribution in [-0.2, 0) is 0 Å². The van der Waals surface area contributed by atoms with Crippen molar-refractivity contribution < 1.29 is 17.6 Å². The molecule has 108 valence electrons. The van der Waals surface area contributed by atoms with Crippen molar-refractivity contribution in [2.75, 3.05) is 6.54 Å².